The first-order chi connectivity index (χ1) is 11.4. The lowest BCUT2D eigenvalue weighted by molar-refractivity contribution is -0.116. The zero-order valence-corrected chi connectivity index (χ0v) is 16.5. The van der Waals surface area contributed by atoms with Crippen LogP contribution in [0, 0.1) is 13.8 Å². The van der Waals surface area contributed by atoms with Crippen LogP contribution >= 0.6 is 7.26 Å². The van der Waals surface area contributed by atoms with Gasteiger partial charge in [0, 0.05) is 32.5 Å². The van der Waals surface area contributed by atoms with Crippen LogP contribution in [-0.4, -0.2) is 37.2 Å². The molecule has 1 aromatic carbocycles. The molecule has 1 aliphatic carbocycles. The second-order valence-corrected chi connectivity index (χ2v) is 12.4. The molecule has 1 aliphatic heterocycles. The maximum absolute atomic E-state index is 13.3. The van der Waals surface area contributed by atoms with Crippen LogP contribution in [0.4, 0.5) is 5.69 Å². The third-order valence-corrected chi connectivity index (χ3v) is 11.5. The zero-order chi connectivity index (χ0) is 17.4. The van der Waals surface area contributed by atoms with Gasteiger partial charge < -0.3 is 10.1 Å². The maximum Gasteiger partial charge on any atom is 0.268 e. The van der Waals surface area contributed by atoms with Crippen molar-refractivity contribution in [2.45, 2.75) is 57.5 Å². The Bertz CT molecular complexity index is 606. The van der Waals surface area contributed by atoms with Crippen molar-refractivity contribution in [3.63, 3.8) is 0 Å². The fourth-order valence-corrected chi connectivity index (χ4v) is 9.07. The summed E-state index contributed by atoms with van der Waals surface area (Å²) in [6, 6.07) is 4.01. The average molecular weight is 348 g/mol. The summed E-state index contributed by atoms with van der Waals surface area (Å²) < 4.78 is 5.33. The molecule has 0 aromatic heterocycles. The number of amides is 1. The SMILES string of the molecule is COc1cc(C)c(NC(=O)C2([P+]3(C)CCCCCC3)CC2)c(C)c1. The van der Waals surface area contributed by atoms with Gasteiger partial charge in [-0.15, -0.1) is 0 Å². The van der Waals surface area contributed by atoms with Crippen LogP contribution in [0.5, 0.6) is 5.75 Å². The monoisotopic (exact) mass is 348 g/mol. The van der Waals surface area contributed by atoms with Crippen molar-refractivity contribution in [3.05, 3.63) is 23.3 Å². The van der Waals surface area contributed by atoms with Gasteiger partial charge in [0.1, 0.15) is 5.75 Å². The summed E-state index contributed by atoms with van der Waals surface area (Å²) in [5.41, 5.74) is 3.15. The van der Waals surface area contributed by atoms with E-state index in [9.17, 15) is 4.79 Å². The standard InChI is InChI=1S/C20H30NO2P/c1-15-13-17(23-3)14-16(2)18(15)21-19(22)20(9-10-20)24(4)11-7-5-6-8-12-24/h13-14H,5-12H2,1-4H3/p+1. The summed E-state index contributed by atoms with van der Waals surface area (Å²) in [6.45, 7) is 6.57. The first kappa shape index (κ1) is 17.7. The van der Waals surface area contributed by atoms with Crippen molar-refractivity contribution >= 4 is 18.9 Å². The summed E-state index contributed by atoms with van der Waals surface area (Å²) in [4.78, 5) is 13.3. The van der Waals surface area contributed by atoms with Crippen molar-refractivity contribution in [3.8, 4) is 5.75 Å². The van der Waals surface area contributed by atoms with E-state index in [1.54, 1.807) is 7.11 Å². The zero-order valence-electron chi connectivity index (χ0n) is 15.6. The number of aryl methyl sites for hydroxylation is 2. The second kappa shape index (κ2) is 6.67. The number of hydrogen-bond donors (Lipinski definition) is 1. The minimum atomic E-state index is -1.17. The van der Waals surface area contributed by atoms with E-state index in [1.165, 1.54) is 38.0 Å². The lowest BCUT2D eigenvalue weighted by atomic mass is 10.1. The summed E-state index contributed by atoms with van der Waals surface area (Å²) >= 11 is 0. The van der Waals surface area contributed by atoms with E-state index >= 15 is 0 Å². The molecular formula is C20H31NO2P+. The molecule has 1 N–H and O–H groups in total. The molecule has 0 unspecified atom stereocenters. The molecule has 1 amide bonds. The third-order valence-electron chi connectivity index (χ3n) is 6.21. The van der Waals surface area contributed by atoms with E-state index in [0.717, 1.165) is 35.4 Å². The highest BCUT2D eigenvalue weighted by molar-refractivity contribution is 7.78. The van der Waals surface area contributed by atoms with E-state index < -0.39 is 7.26 Å². The number of ether oxygens (including phenoxy) is 1. The molecule has 2 fully saturated rings. The van der Waals surface area contributed by atoms with E-state index in [2.05, 4.69) is 12.0 Å². The molecule has 24 heavy (non-hydrogen) atoms. The quantitative estimate of drug-likeness (QED) is 0.777. The van der Waals surface area contributed by atoms with Gasteiger partial charge in [0.25, 0.3) is 5.91 Å². The topological polar surface area (TPSA) is 38.3 Å². The third kappa shape index (κ3) is 3.08. The Kier molecular flexibility index (Phi) is 4.93. The molecule has 132 valence electrons. The number of hydrogen-bond acceptors (Lipinski definition) is 2. The number of carbonyl (C=O) groups excluding carboxylic acids is 1. The smallest absolute Gasteiger partial charge is 0.268 e. The molecule has 1 saturated heterocycles. The highest BCUT2D eigenvalue weighted by Gasteiger charge is 2.67. The van der Waals surface area contributed by atoms with Gasteiger partial charge in [-0.25, -0.2) is 0 Å². The number of benzene rings is 1. The molecule has 0 radical (unpaired) electrons. The van der Waals surface area contributed by atoms with Gasteiger partial charge in [0.2, 0.25) is 0 Å². The Labute approximate surface area is 146 Å². The second-order valence-electron chi connectivity index (χ2n) is 7.88. The van der Waals surface area contributed by atoms with E-state index in [-0.39, 0.29) is 11.1 Å². The van der Waals surface area contributed by atoms with Crippen LogP contribution in [0.1, 0.15) is 49.7 Å². The Morgan fingerprint density at radius 3 is 2.08 bits per heavy atom. The van der Waals surface area contributed by atoms with Crippen molar-refractivity contribution in [2.75, 3.05) is 31.4 Å². The Balaban J connectivity index is 1.82. The molecule has 1 aromatic rings. The first-order valence-corrected chi connectivity index (χ1v) is 11.8. The van der Waals surface area contributed by atoms with Crippen LogP contribution in [0.2, 0.25) is 0 Å². The van der Waals surface area contributed by atoms with Crippen LogP contribution < -0.4 is 10.1 Å². The normalized spacial score (nSPS) is 21.7. The van der Waals surface area contributed by atoms with Crippen LogP contribution in [0.15, 0.2) is 12.1 Å². The molecule has 4 heteroatoms. The highest BCUT2D eigenvalue weighted by Crippen LogP contribution is 2.77. The van der Waals surface area contributed by atoms with Crippen molar-refractivity contribution in [1.82, 2.24) is 0 Å². The minimum absolute atomic E-state index is 0.0316. The van der Waals surface area contributed by atoms with Gasteiger partial charge in [0.05, 0.1) is 19.4 Å². The van der Waals surface area contributed by atoms with Gasteiger partial charge in [-0.05, 0) is 62.8 Å². The van der Waals surface area contributed by atoms with Crippen molar-refractivity contribution < 1.29 is 9.53 Å². The van der Waals surface area contributed by atoms with Gasteiger partial charge in [0.15, 0.2) is 5.16 Å². The van der Waals surface area contributed by atoms with Gasteiger partial charge in [-0.1, -0.05) is 0 Å². The van der Waals surface area contributed by atoms with Gasteiger partial charge >= 0.3 is 0 Å². The maximum atomic E-state index is 13.3. The highest BCUT2D eigenvalue weighted by atomic mass is 31.2. The van der Waals surface area contributed by atoms with Crippen LogP contribution in [-0.2, 0) is 4.79 Å². The van der Waals surface area contributed by atoms with Crippen LogP contribution in [0.25, 0.3) is 0 Å². The molecule has 1 saturated carbocycles. The van der Waals surface area contributed by atoms with E-state index in [0.29, 0.717) is 0 Å². The predicted molar refractivity (Wildman–Crippen MR) is 104 cm³/mol. The summed E-state index contributed by atoms with van der Waals surface area (Å²) in [5.74, 6) is 1.14. The number of nitrogens with one attached hydrogen (secondary N) is 1. The number of carbonyl (C=O) groups is 1. The molecule has 0 spiro atoms. The number of methoxy groups -OCH3 is 1. The van der Waals surface area contributed by atoms with Gasteiger partial charge in [-0.2, -0.15) is 0 Å². The lowest BCUT2D eigenvalue weighted by Crippen LogP contribution is -2.34. The molecule has 0 bridgehead atoms. The lowest BCUT2D eigenvalue weighted by Gasteiger charge is -2.30. The fraction of sp³-hybridized carbons (Fsp3) is 0.650. The fourth-order valence-electron chi connectivity index (χ4n) is 4.41. The van der Waals surface area contributed by atoms with Crippen LogP contribution in [0.3, 0.4) is 0 Å². The molecule has 0 atom stereocenters. The molecular weight excluding hydrogens is 317 g/mol. The van der Waals surface area contributed by atoms with E-state index in [4.69, 9.17) is 4.74 Å². The van der Waals surface area contributed by atoms with Crippen molar-refractivity contribution in [1.29, 1.82) is 0 Å². The summed E-state index contributed by atoms with van der Waals surface area (Å²) in [7, 11) is 0.510. The molecule has 3 nitrogen and oxygen atoms in total. The van der Waals surface area contributed by atoms with Crippen molar-refractivity contribution in [2.24, 2.45) is 0 Å². The predicted octanol–water partition coefficient (Wildman–Crippen LogP) is 5.00. The van der Waals surface area contributed by atoms with E-state index in [1.807, 2.05) is 26.0 Å². The minimum Gasteiger partial charge on any atom is -0.497 e. The average Bonchev–Trinajstić information content (AvgIpc) is 3.36. The first-order valence-electron chi connectivity index (χ1n) is 9.23. The summed E-state index contributed by atoms with van der Waals surface area (Å²) in [6.07, 6.45) is 10.1. The Hall–Kier alpha value is -1.08. The largest absolute Gasteiger partial charge is 0.497 e. The van der Waals surface area contributed by atoms with Gasteiger partial charge in [-0.3, -0.25) is 4.79 Å². The Morgan fingerprint density at radius 2 is 1.62 bits per heavy atom. The molecule has 3 rings (SSSR count). The molecule has 2 aliphatic rings. The number of anilines is 1. The number of rotatable bonds is 4. The Morgan fingerprint density at radius 1 is 1.08 bits per heavy atom. The summed E-state index contributed by atoms with van der Waals surface area (Å²) in [5, 5.41) is 3.28. The molecule has 1 heterocycles.